The number of fused-ring (bicyclic) bond motifs is 1. The molecule has 0 saturated heterocycles. The second-order valence-corrected chi connectivity index (χ2v) is 3.81. The van der Waals surface area contributed by atoms with Crippen LogP contribution < -0.4 is 15.8 Å². The number of aryl methyl sites for hydroxylation is 1. The highest BCUT2D eigenvalue weighted by molar-refractivity contribution is 5.60. The molecule has 15 heavy (non-hydrogen) atoms. The molecule has 1 aromatic carbocycles. The van der Waals surface area contributed by atoms with E-state index in [2.05, 4.69) is 23.5 Å². The van der Waals surface area contributed by atoms with Crippen molar-refractivity contribution in [3.05, 3.63) is 23.8 Å². The van der Waals surface area contributed by atoms with Crippen LogP contribution in [0, 0.1) is 0 Å². The Morgan fingerprint density at radius 1 is 1.40 bits per heavy atom. The lowest BCUT2D eigenvalue weighted by Gasteiger charge is -2.20. The number of hydrogen-bond donors (Lipinski definition) is 2. The van der Waals surface area contributed by atoms with Crippen molar-refractivity contribution in [1.29, 1.82) is 0 Å². The lowest BCUT2D eigenvalue weighted by Crippen LogP contribution is -2.13. The topological polar surface area (TPSA) is 47.3 Å². The fourth-order valence-corrected chi connectivity index (χ4v) is 1.85. The highest BCUT2D eigenvalue weighted by Gasteiger charge is 2.13. The van der Waals surface area contributed by atoms with Gasteiger partial charge in [-0.2, -0.15) is 0 Å². The van der Waals surface area contributed by atoms with Crippen molar-refractivity contribution in [2.75, 3.05) is 25.0 Å². The summed E-state index contributed by atoms with van der Waals surface area (Å²) in [6.07, 6.45) is 3.24. The van der Waals surface area contributed by atoms with Crippen molar-refractivity contribution in [1.82, 2.24) is 0 Å². The third-order valence-corrected chi connectivity index (χ3v) is 2.63. The van der Waals surface area contributed by atoms with E-state index in [1.807, 2.05) is 0 Å². The maximum absolute atomic E-state index is 5.69. The van der Waals surface area contributed by atoms with Crippen molar-refractivity contribution in [2.45, 2.75) is 19.3 Å². The second-order valence-electron chi connectivity index (χ2n) is 3.81. The largest absolute Gasteiger partial charge is 0.491 e. The molecule has 0 amide bonds. The number of para-hydroxylation sites is 1. The molecule has 1 aliphatic heterocycles. The van der Waals surface area contributed by atoms with E-state index in [0.29, 0.717) is 0 Å². The lowest BCUT2D eigenvalue weighted by atomic mass is 10.1. The Hall–Kier alpha value is -1.22. The van der Waals surface area contributed by atoms with Crippen LogP contribution in [0.15, 0.2) is 18.2 Å². The van der Waals surface area contributed by atoms with Crippen molar-refractivity contribution < 1.29 is 4.74 Å². The van der Waals surface area contributed by atoms with Gasteiger partial charge in [-0.3, -0.25) is 0 Å². The molecule has 1 aromatic rings. The van der Waals surface area contributed by atoms with Gasteiger partial charge < -0.3 is 15.8 Å². The van der Waals surface area contributed by atoms with Gasteiger partial charge in [0.25, 0.3) is 0 Å². The molecule has 1 heterocycles. The summed E-state index contributed by atoms with van der Waals surface area (Å²) in [6.45, 7) is 2.47. The number of hydrogen-bond acceptors (Lipinski definition) is 3. The molecule has 2 rings (SSSR count). The molecule has 0 unspecified atom stereocenters. The van der Waals surface area contributed by atoms with Crippen LogP contribution in [-0.4, -0.2) is 19.7 Å². The summed E-state index contributed by atoms with van der Waals surface area (Å²) in [7, 11) is 0. The Kier molecular flexibility index (Phi) is 3.45. The molecule has 0 bridgehead atoms. The van der Waals surface area contributed by atoms with Crippen molar-refractivity contribution in [3.63, 3.8) is 0 Å². The molecule has 0 fully saturated rings. The smallest absolute Gasteiger partial charge is 0.145 e. The Morgan fingerprint density at radius 2 is 2.33 bits per heavy atom. The van der Waals surface area contributed by atoms with E-state index in [1.54, 1.807) is 0 Å². The molecule has 0 saturated carbocycles. The van der Waals surface area contributed by atoms with Crippen molar-refractivity contribution in [2.24, 2.45) is 5.73 Å². The minimum absolute atomic E-state index is 0.725. The molecule has 3 heteroatoms. The Balaban J connectivity index is 2.09. The SMILES string of the molecule is NCCCNc1cccc2c1OCCC2. The van der Waals surface area contributed by atoms with Gasteiger partial charge in [0, 0.05) is 6.54 Å². The Bertz CT molecular complexity index is 325. The van der Waals surface area contributed by atoms with E-state index < -0.39 is 0 Å². The van der Waals surface area contributed by atoms with Gasteiger partial charge in [-0.15, -0.1) is 0 Å². The van der Waals surface area contributed by atoms with Crippen molar-refractivity contribution >= 4 is 5.69 Å². The first kappa shape index (κ1) is 10.3. The standard InChI is InChI=1S/C12H18N2O/c13-7-3-8-14-11-6-1-4-10-5-2-9-15-12(10)11/h1,4,6,14H,2-3,5,7-9,13H2. The van der Waals surface area contributed by atoms with Crippen molar-refractivity contribution in [3.8, 4) is 5.75 Å². The predicted molar refractivity (Wildman–Crippen MR) is 62.4 cm³/mol. The summed E-state index contributed by atoms with van der Waals surface area (Å²) in [5.74, 6) is 1.04. The third kappa shape index (κ3) is 2.42. The van der Waals surface area contributed by atoms with Crippen LogP contribution in [0.2, 0.25) is 0 Å². The highest BCUT2D eigenvalue weighted by Crippen LogP contribution is 2.32. The van der Waals surface area contributed by atoms with Gasteiger partial charge in [-0.1, -0.05) is 12.1 Å². The zero-order valence-electron chi connectivity index (χ0n) is 8.96. The first-order valence-corrected chi connectivity index (χ1v) is 5.60. The van der Waals surface area contributed by atoms with Crippen LogP contribution in [0.4, 0.5) is 5.69 Å². The molecule has 82 valence electrons. The highest BCUT2D eigenvalue weighted by atomic mass is 16.5. The summed E-state index contributed by atoms with van der Waals surface area (Å²) >= 11 is 0. The summed E-state index contributed by atoms with van der Waals surface area (Å²) in [6, 6.07) is 6.29. The average molecular weight is 206 g/mol. The summed E-state index contributed by atoms with van der Waals surface area (Å²) in [4.78, 5) is 0. The molecule has 1 aliphatic rings. The monoisotopic (exact) mass is 206 g/mol. The third-order valence-electron chi connectivity index (χ3n) is 2.63. The fourth-order valence-electron chi connectivity index (χ4n) is 1.85. The lowest BCUT2D eigenvalue weighted by molar-refractivity contribution is 0.290. The van der Waals surface area contributed by atoms with Gasteiger partial charge in [-0.05, 0) is 37.4 Å². The number of nitrogens with one attached hydrogen (secondary N) is 1. The first-order valence-electron chi connectivity index (χ1n) is 5.60. The van der Waals surface area contributed by atoms with Crippen LogP contribution in [0.1, 0.15) is 18.4 Å². The number of nitrogens with two attached hydrogens (primary N) is 1. The summed E-state index contributed by atoms with van der Waals surface area (Å²) in [5, 5.41) is 3.37. The molecule has 0 atom stereocenters. The van der Waals surface area contributed by atoms with Gasteiger partial charge in [0.2, 0.25) is 0 Å². The number of rotatable bonds is 4. The molecule has 0 radical (unpaired) electrons. The molecule has 3 N–H and O–H groups in total. The molecule has 0 aromatic heterocycles. The van der Waals surface area contributed by atoms with Gasteiger partial charge in [0.05, 0.1) is 12.3 Å². The van der Waals surface area contributed by atoms with Crippen LogP contribution in [0.5, 0.6) is 5.75 Å². The molecular weight excluding hydrogens is 188 g/mol. The average Bonchev–Trinajstić information content (AvgIpc) is 2.30. The molecule has 0 aliphatic carbocycles. The van der Waals surface area contributed by atoms with E-state index in [1.165, 1.54) is 5.56 Å². The van der Waals surface area contributed by atoms with E-state index in [9.17, 15) is 0 Å². The maximum atomic E-state index is 5.69. The van der Waals surface area contributed by atoms with Crippen LogP contribution in [0.25, 0.3) is 0 Å². The number of anilines is 1. The van der Waals surface area contributed by atoms with Gasteiger partial charge in [0.1, 0.15) is 5.75 Å². The molecular formula is C12H18N2O. The first-order chi connectivity index (χ1) is 7.42. The van der Waals surface area contributed by atoms with Gasteiger partial charge in [-0.25, -0.2) is 0 Å². The van der Waals surface area contributed by atoms with E-state index in [4.69, 9.17) is 10.5 Å². The Labute approximate surface area is 90.6 Å². The quantitative estimate of drug-likeness (QED) is 0.738. The van der Waals surface area contributed by atoms with Gasteiger partial charge in [0.15, 0.2) is 0 Å². The minimum atomic E-state index is 0.725. The van der Waals surface area contributed by atoms with E-state index in [-0.39, 0.29) is 0 Å². The predicted octanol–water partition coefficient (Wildman–Crippen LogP) is 1.77. The summed E-state index contributed by atoms with van der Waals surface area (Å²) < 4.78 is 5.69. The number of benzene rings is 1. The zero-order chi connectivity index (χ0) is 10.5. The normalized spacial score (nSPS) is 14.2. The molecule has 3 nitrogen and oxygen atoms in total. The molecule has 0 spiro atoms. The number of ether oxygens (including phenoxy) is 1. The fraction of sp³-hybridized carbons (Fsp3) is 0.500. The van der Waals surface area contributed by atoms with E-state index >= 15 is 0 Å². The zero-order valence-corrected chi connectivity index (χ0v) is 8.96. The second kappa shape index (κ2) is 5.03. The minimum Gasteiger partial charge on any atom is -0.491 e. The Morgan fingerprint density at radius 3 is 3.20 bits per heavy atom. The van der Waals surface area contributed by atoms with Crippen LogP contribution in [0.3, 0.4) is 0 Å². The summed E-state index contributed by atoms with van der Waals surface area (Å²) in [5.41, 5.74) is 7.89. The van der Waals surface area contributed by atoms with Gasteiger partial charge >= 0.3 is 0 Å². The van der Waals surface area contributed by atoms with E-state index in [0.717, 1.165) is 50.4 Å². The van der Waals surface area contributed by atoms with Crippen LogP contribution >= 0.6 is 0 Å². The van der Waals surface area contributed by atoms with Crippen LogP contribution in [-0.2, 0) is 6.42 Å². The maximum Gasteiger partial charge on any atom is 0.145 e.